The van der Waals surface area contributed by atoms with Gasteiger partial charge in [-0.25, -0.2) is 4.39 Å². The third-order valence-corrected chi connectivity index (χ3v) is 4.71. The van der Waals surface area contributed by atoms with Crippen LogP contribution in [0.15, 0.2) is 54.1 Å². The van der Waals surface area contributed by atoms with Crippen LogP contribution >= 0.6 is 0 Å². The molecular weight excluding hydrogens is 377 g/mol. The van der Waals surface area contributed by atoms with Crippen molar-refractivity contribution in [3.05, 3.63) is 71.0 Å². The summed E-state index contributed by atoms with van der Waals surface area (Å²) in [5.41, 5.74) is 0.315. The molecule has 0 unspecified atom stereocenters. The molecule has 1 N–H and O–H groups in total. The predicted octanol–water partition coefficient (Wildman–Crippen LogP) is 3.29. The fraction of sp³-hybridized carbons (Fsp3) is 0.273. The van der Waals surface area contributed by atoms with Crippen molar-refractivity contribution >= 4 is 17.4 Å². The van der Waals surface area contributed by atoms with Gasteiger partial charge in [-0.1, -0.05) is 18.2 Å². The molecule has 3 rings (SSSR count). The number of rotatable bonds is 7. The molecule has 6 nitrogen and oxygen atoms in total. The van der Waals surface area contributed by atoms with Crippen molar-refractivity contribution in [1.82, 2.24) is 4.90 Å². The van der Waals surface area contributed by atoms with Gasteiger partial charge in [-0.05, 0) is 37.3 Å². The molecule has 0 aliphatic carbocycles. The quantitative estimate of drug-likeness (QED) is 0.439. The number of methoxy groups -OCH3 is 1. The minimum Gasteiger partial charge on any atom is -0.507 e. The fourth-order valence-electron chi connectivity index (χ4n) is 3.35. The van der Waals surface area contributed by atoms with E-state index < -0.39 is 23.5 Å². The summed E-state index contributed by atoms with van der Waals surface area (Å²) < 4.78 is 25.0. The van der Waals surface area contributed by atoms with Crippen LogP contribution in [-0.4, -0.2) is 48.6 Å². The zero-order chi connectivity index (χ0) is 21.0. The third-order valence-electron chi connectivity index (χ3n) is 4.71. The van der Waals surface area contributed by atoms with Crippen molar-refractivity contribution in [1.29, 1.82) is 0 Å². The van der Waals surface area contributed by atoms with Crippen molar-refractivity contribution in [3.8, 4) is 5.75 Å². The summed E-state index contributed by atoms with van der Waals surface area (Å²) in [5, 5.41) is 10.9. The second-order valence-electron chi connectivity index (χ2n) is 6.46. The largest absolute Gasteiger partial charge is 0.507 e. The van der Waals surface area contributed by atoms with Crippen LogP contribution in [-0.2, 0) is 14.3 Å². The molecule has 2 aromatic rings. The van der Waals surface area contributed by atoms with Gasteiger partial charge in [-0.2, -0.15) is 0 Å². The van der Waals surface area contributed by atoms with E-state index >= 15 is 0 Å². The highest BCUT2D eigenvalue weighted by atomic mass is 19.1. The minimum absolute atomic E-state index is 0.0835. The van der Waals surface area contributed by atoms with Gasteiger partial charge in [0, 0.05) is 24.8 Å². The number of ketones is 1. The normalized spacial score (nSPS) is 18.3. The highest BCUT2D eigenvalue weighted by Gasteiger charge is 2.46. The molecule has 1 aliphatic heterocycles. The Morgan fingerprint density at radius 3 is 2.45 bits per heavy atom. The van der Waals surface area contributed by atoms with Gasteiger partial charge in [-0.15, -0.1) is 0 Å². The lowest BCUT2D eigenvalue weighted by Crippen LogP contribution is -2.33. The lowest BCUT2D eigenvalue weighted by Gasteiger charge is -2.25. The molecule has 0 bridgehead atoms. The van der Waals surface area contributed by atoms with Gasteiger partial charge in [0.15, 0.2) is 0 Å². The number of Topliss-reactive ketones (excluding diaryl/α,β-unsaturated/α-hetero) is 1. The smallest absolute Gasteiger partial charge is 0.295 e. The first-order chi connectivity index (χ1) is 14.0. The molecule has 1 fully saturated rings. The Hall–Kier alpha value is -3.19. The first-order valence-corrected chi connectivity index (χ1v) is 9.24. The highest BCUT2D eigenvalue weighted by molar-refractivity contribution is 6.46. The van der Waals surface area contributed by atoms with Crippen molar-refractivity contribution < 1.29 is 28.6 Å². The first-order valence-electron chi connectivity index (χ1n) is 9.24. The Kier molecular flexibility index (Phi) is 6.29. The molecule has 29 heavy (non-hydrogen) atoms. The molecule has 0 saturated carbocycles. The number of hydrogen-bond acceptors (Lipinski definition) is 5. The monoisotopic (exact) mass is 399 g/mol. The van der Waals surface area contributed by atoms with Crippen molar-refractivity contribution in [3.63, 3.8) is 0 Å². The van der Waals surface area contributed by atoms with Gasteiger partial charge in [-0.3, -0.25) is 9.59 Å². The number of carbonyl (C=O) groups is 2. The molecule has 0 aromatic heterocycles. The number of likely N-dealkylation sites (tertiary alicyclic amines) is 1. The van der Waals surface area contributed by atoms with Crippen LogP contribution in [0.25, 0.3) is 5.76 Å². The second kappa shape index (κ2) is 8.87. The molecule has 1 heterocycles. The van der Waals surface area contributed by atoms with E-state index in [0.29, 0.717) is 17.9 Å². The molecule has 7 heteroatoms. The van der Waals surface area contributed by atoms with Crippen LogP contribution in [0.3, 0.4) is 0 Å². The summed E-state index contributed by atoms with van der Waals surface area (Å²) in [7, 11) is 1.47. The minimum atomic E-state index is -1.04. The fourth-order valence-corrected chi connectivity index (χ4v) is 3.35. The van der Waals surface area contributed by atoms with Crippen LogP contribution in [0, 0.1) is 5.82 Å². The molecule has 152 valence electrons. The number of aliphatic hydroxyl groups is 1. The molecule has 1 saturated heterocycles. The summed E-state index contributed by atoms with van der Waals surface area (Å²) in [6, 6.07) is 11.3. The predicted molar refractivity (Wildman–Crippen MR) is 105 cm³/mol. The zero-order valence-electron chi connectivity index (χ0n) is 16.2. The van der Waals surface area contributed by atoms with E-state index in [1.165, 1.54) is 30.2 Å². The van der Waals surface area contributed by atoms with E-state index in [1.807, 2.05) is 6.92 Å². The number of hydrogen-bond donors (Lipinski definition) is 1. The Bertz CT molecular complexity index is 938. The average Bonchev–Trinajstić information content (AvgIpc) is 2.97. The maximum Gasteiger partial charge on any atom is 0.295 e. The van der Waals surface area contributed by atoms with Crippen molar-refractivity contribution in [2.24, 2.45) is 0 Å². The standard InChI is InChI=1S/C22H22FNO5/c1-3-29-15-10-8-14(9-11-15)20(25)18-19(16-6-4-5-7-17(16)23)24(12-13-28-2)22(27)21(18)26/h4-11,19,25H,3,12-13H2,1-2H3/b20-18+/t19-/m1/s1. The number of nitrogens with zero attached hydrogens (tertiary/aromatic N) is 1. The molecule has 2 aromatic carbocycles. The summed E-state index contributed by atoms with van der Waals surface area (Å²) in [5.74, 6) is -1.99. The van der Waals surface area contributed by atoms with Crippen LogP contribution in [0.1, 0.15) is 24.1 Å². The molecule has 0 spiro atoms. The van der Waals surface area contributed by atoms with Gasteiger partial charge in [0.05, 0.1) is 24.8 Å². The molecule has 1 amide bonds. The van der Waals surface area contributed by atoms with Gasteiger partial charge in [0.2, 0.25) is 0 Å². The summed E-state index contributed by atoms with van der Waals surface area (Å²) >= 11 is 0. The molecular formula is C22H22FNO5. The third kappa shape index (κ3) is 4.00. The maximum absolute atomic E-state index is 14.6. The Balaban J connectivity index is 2.12. The van der Waals surface area contributed by atoms with Gasteiger partial charge >= 0.3 is 0 Å². The lowest BCUT2D eigenvalue weighted by atomic mass is 9.95. The average molecular weight is 399 g/mol. The van der Waals surface area contributed by atoms with Crippen LogP contribution < -0.4 is 4.74 Å². The summed E-state index contributed by atoms with van der Waals surface area (Å²) in [6.07, 6.45) is 0. The van der Waals surface area contributed by atoms with E-state index in [-0.39, 0.29) is 30.0 Å². The van der Waals surface area contributed by atoms with Crippen LogP contribution in [0.5, 0.6) is 5.75 Å². The Morgan fingerprint density at radius 1 is 1.14 bits per heavy atom. The highest BCUT2D eigenvalue weighted by Crippen LogP contribution is 2.40. The summed E-state index contributed by atoms with van der Waals surface area (Å²) in [4.78, 5) is 26.6. The number of carbonyl (C=O) groups excluding carboxylic acids is 2. The van der Waals surface area contributed by atoms with Gasteiger partial charge in [0.25, 0.3) is 11.7 Å². The van der Waals surface area contributed by atoms with Crippen molar-refractivity contribution in [2.45, 2.75) is 13.0 Å². The number of aliphatic hydroxyl groups excluding tert-OH is 1. The maximum atomic E-state index is 14.6. The van der Waals surface area contributed by atoms with Crippen LogP contribution in [0.4, 0.5) is 4.39 Å². The van der Waals surface area contributed by atoms with E-state index in [0.717, 1.165) is 0 Å². The zero-order valence-corrected chi connectivity index (χ0v) is 16.2. The second-order valence-corrected chi connectivity index (χ2v) is 6.46. The summed E-state index contributed by atoms with van der Waals surface area (Å²) in [6.45, 7) is 2.59. The molecule has 1 atom stereocenters. The number of benzene rings is 2. The lowest BCUT2D eigenvalue weighted by molar-refractivity contribution is -0.140. The molecule has 0 radical (unpaired) electrons. The first kappa shape index (κ1) is 20.5. The number of ether oxygens (including phenoxy) is 2. The SMILES string of the molecule is CCOc1ccc(/C(O)=C2\C(=O)C(=O)N(CCOC)[C@@H]2c2ccccc2F)cc1. The van der Waals surface area contributed by atoms with E-state index in [2.05, 4.69) is 0 Å². The van der Waals surface area contributed by atoms with E-state index in [9.17, 15) is 19.1 Å². The number of halogens is 1. The number of amides is 1. The topological polar surface area (TPSA) is 76.1 Å². The Morgan fingerprint density at radius 2 is 1.83 bits per heavy atom. The van der Waals surface area contributed by atoms with E-state index in [1.54, 1.807) is 30.3 Å². The molecule has 1 aliphatic rings. The van der Waals surface area contributed by atoms with Gasteiger partial charge < -0.3 is 19.5 Å². The van der Waals surface area contributed by atoms with Crippen molar-refractivity contribution in [2.75, 3.05) is 26.9 Å². The van der Waals surface area contributed by atoms with E-state index in [4.69, 9.17) is 9.47 Å². The van der Waals surface area contributed by atoms with Gasteiger partial charge in [0.1, 0.15) is 17.3 Å². The Labute approximate surface area is 168 Å². The van der Waals surface area contributed by atoms with Crippen LogP contribution in [0.2, 0.25) is 0 Å².